The highest BCUT2D eigenvalue weighted by molar-refractivity contribution is 5.82. The Morgan fingerprint density at radius 1 is 1.20 bits per heavy atom. The maximum absolute atomic E-state index is 12.3. The molecule has 2 atom stereocenters. The molecule has 1 saturated heterocycles. The molecule has 3 rings (SSSR count). The monoisotopic (exact) mass is 275 g/mol. The fourth-order valence-electron chi connectivity index (χ4n) is 2.76. The molecule has 0 bridgehead atoms. The molecule has 4 nitrogen and oxygen atoms in total. The van der Waals surface area contributed by atoms with Crippen LogP contribution >= 0.6 is 0 Å². The lowest BCUT2D eigenvalue weighted by Gasteiger charge is -2.27. The van der Waals surface area contributed by atoms with E-state index >= 15 is 0 Å². The van der Waals surface area contributed by atoms with E-state index in [0.717, 1.165) is 12.2 Å². The summed E-state index contributed by atoms with van der Waals surface area (Å²) in [6.45, 7) is 6.85. The number of carbonyl (C=O) groups is 1. The molecule has 2 fully saturated rings. The maximum Gasteiger partial charge on any atom is 0.229 e. The van der Waals surface area contributed by atoms with Crippen molar-refractivity contribution in [1.29, 1.82) is 0 Å². The molecular formula is C16H21NO3. The maximum atomic E-state index is 12.3. The quantitative estimate of drug-likeness (QED) is 0.846. The summed E-state index contributed by atoms with van der Waals surface area (Å²) < 4.78 is 11.2. The molecule has 1 aliphatic heterocycles. The average Bonchev–Trinajstić information content (AvgIpc) is 3.17. The number of amides is 1. The van der Waals surface area contributed by atoms with E-state index in [1.54, 1.807) is 0 Å². The number of hydrogen-bond acceptors (Lipinski definition) is 3. The van der Waals surface area contributed by atoms with Crippen molar-refractivity contribution in [1.82, 2.24) is 4.90 Å². The summed E-state index contributed by atoms with van der Waals surface area (Å²) in [5, 5.41) is 0. The smallest absolute Gasteiger partial charge is 0.229 e. The van der Waals surface area contributed by atoms with Gasteiger partial charge in [0, 0.05) is 19.5 Å². The fraction of sp³-hybridized carbons (Fsp3) is 0.562. The topological polar surface area (TPSA) is 38.8 Å². The van der Waals surface area contributed by atoms with Gasteiger partial charge >= 0.3 is 0 Å². The first-order valence-electron chi connectivity index (χ1n) is 7.25. The summed E-state index contributed by atoms with van der Waals surface area (Å²) in [5.74, 6) is 1.14. The van der Waals surface area contributed by atoms with E-state index in [4.69, 9.17) is 9.47 Å². The number of morpholine rings is 1. The molecule has 108 valence electrons. The molecule has 1 amide bonds. The van der Waals surface area contributed by atoms with E-state index in [9.17, 15) is 4.79 Å². The van der Waals surface area contributed by atoms with Crippen molar-refractivity contribution in [3.05, 3.63) is 29.3 Å². The number of hydrogen-bond donors (Lipinski definition) is 0. The summed E-state index contributed by atoms with van der Waals surface area (Å²) in [5.41, 5.74) is 2.38. The Bertz CT molecular complexity index is 488. The van der Waals surface area contributed by atoms with Crippen LogP contribution in [0.3, 0.4) is 0 Å². The van der Waals surface area contributed by atoms with Crippen molar-refractivity contribution in [2.24, 2.45) is 5.92 Å². The predicted octanol–water partition coefficient (Wildman–Crippen LogP) is 1.93. The van der Waals surface area contributed by atoms with Crippen molar-refractivity contribution >= 4 is 5.91 Å². The van der Waals surface area contributed by atoms with Gasteiger partial charge in [-0.1, -0.05) is 6.07 Å². The van der Waals surface area contributed by atoms with Crippen molar-refractivity contribution in [2.75, 3.05) is 26.3 Å². The molecule has 0 unspecified atom stereocenters. The van der Waals surface area contributed by atoms with Gasteiger partial charge in [-0.3, -0.25) is 4.79 Å². The third kappa shape index (κ3) is 2.96. The molecule has 1 heterocycles. The van der Waals surface area contributed by atoms with Crippen molar-refractivity contribution < 1.29 is 14.3 Å². The fourth-order valence-corrected chi connectivity index (χ4v) is 2.76. The number of rotatable bonds is 3. The SMILES string of the molecule is Cc1cc(C)cc(O[C@H]2C[C@@H]2C(=O)N2CCOCC2)c1. The normalized spacial score (nSPS) is 25.4. The van der Waals surface area contributed by atoms with Crippen LogP contribution in [0.5, 0.6) is 5.75 Å². The largest absolute Gasteiger partial charge is 0.490 e. The van der Waals surface area contributed by atoms with Crippen LogP contribution in [-0.2, 0) is 9.53 Å². The van der Waals surface area contributed by atoms with Gasteiger partial charge in [-0.05, 0) is 37.1 Å². The van der Waals surface area contributed by atoms with E-state index in [1.807, 2.05) is 17.0 Å². The molecule has 4 heteroatoms. The molecule has 0 N–H and O–H groups in total. The van der Waals surface area contributed by atoms with Gasteiger partial charge in [-0.25, -0.2) is 0 Å². The van der Waals surface area contributed by atoms with Crippen molar-refractivity contribution in [3.63, 3.8) is 0 Å². The highest BCUT2D eigenvalue weighted by atomic mass is 16.5. The van der Waals surface area contributed by atoms with Gasteiger partial charge in [0.05, 0.1) is 19.1 Å². The zero-order chi connectivity index (χ0) is 14.1. The van der Waals surface area contributed by atoms with Gasteiger partial charge in [0.15, 0.2) is 0 Å². The molecule has 1 aromatic carbocycles. The Labute approximate surface area is 119 Å². The summed E-state index contributed by atoms with van der Waals surface area (Å²) in [4.78, 5) is 14.2. The van der Waals surface area contributed by atoms with E-state index in [1.165, 1.54) is 11.1 Å². The third-order valence-corrected chi connectivity index (χ3v) is 3.85. The third-order valence-electron chi connectivity index (χ3n) is 3.85. The first-order chi connectivity index (χ1) is 9.63. The Kier molecular flexibility index (Phi) is 3.66. The van der Waals surface area contributed by atoms with Gasteiger partial charge in [0.1, 0.15) is 11.9 Å². The van der Waals surface area contributed by atoms with Crippen LogP contribution in [0.25, 0.3) is 0 Å². The zero-order valence-corrected chi connectivity index (χ0v) is 12.1. The molecule has 0 spiro atoms. The van der Waals surface area contributed by atoms with Gasteiger partial charge in [-0.15, -0.1) is 0 Å². The molecular weight excluding hydrogens is 254 g/mol. The van der Waals surface area contributed by atoms with Crippen LogP contribution in [0.15, 0.2) is 18.2 Å². The molecule has 20 heavy (non-hydrogen) atoms. The van der Waals surface area contributed by atoms with Crippen LogP contribution in [-0.4, -0.2) is 43.2 Å². The molecule has 1 aliphatic carbocycles. The minimum absolute atomic E-state index is 0.0360. The highest BCUT2D eigenvalue weighted by Gasteiger charge is 2.47. The Balaban J connectivity index is 1.57. The van der Waals surface area contributed by atoms with Crippen LogP contribution < -0.4 is 4.74 Å². The van der Waals surface area contributed by atoms with Gasteiger partial charge in [0.25, 0.3) is 0 Å². The Hall–Kier alpha value is -1.55. The number of ether oxygens (including phenoxy) is 2. The zero-order valence-electron chi connectivity index (χ0n) is 12.1. The second-order valence-corrected chi connectivity index (χ2v) is 5.76. The van der Waals surface area contributed by atoms with Crippen LogP contribution in [0.1, 0.15) is 17.5 Å². The minimum atomic E-state index is 0.0360. The highest BCUT2D eigenvalue weighted by Crippen LogP contribution is 2.37. The summed E-state index contributed by atoms with van der Waals surface area (Å²) in [6.07, 6.45) is 0.884. The molecule has 2 aliphatic rings. The first kappa shape index (κ1) is 13.4. The van der Waals surface area contributed by atoms with E-state index in [0.29, 0.717) is 26.3 Å². The second kappa shape index (κ2) is 5.44. The molecule has 0 radical (unpaired) electrons. The summed E-state index contributed by atoms with van der Waals surface area (Å²) >= 11 is 0. The van der Waals surface area contributed by atoms with Crippen LogP contribution in [0, 0.1) is 19.8 Å². The standard InChI is InChI=1S/C16H21NO3/c1-11-7-12(2)9-13(8-11)20-15-10-14(15)16(18)17-3-5-19-6-4-17/h7-9,14-15H,3-6,10H2,1-2H3/t14-,15-/m0/s1. The number of aryl methyl sites for hydroxylation is 2. The van der Waals surface area contributed by atoms with Gasteiger partial charge < -0.3 is 14.4 Å². The lowest BCUT2D eigenvalue weighted by molar-refractivity contribution is -0.137. The number of nitrogens with zero attached hydrogens (tertiary/aromatic N) is 1. The molecule has 1 aromatic rings. The Morgan fingerprint density at radius 2 is 1.85 bits per heavy atom. The molecule has 1 saturated carbocycles. The number of carbonyl (C=O) groups excluding carboxylic acids is 1. The Morgan fingerprint density at radius 3 is 2.50 bits per heavy atom. The van der Waals surface area contributed by atoms with E-state index in [2.05, 4.69) is 19.9 Å². The lowest BCUT2D eigenvalue weighted by atomic mass is 10.1. The van der Waals surface area contributed by atoms with E-state index < -0.39 is 0 Å². The molecule has 0 aromatic heterocycles. The van der Waals surface area contributed by atoms with Crippen molar-refractivity contribution in [2.45, 2.75) is 26.4 Å². The summed E-state index contributed by atoms with van der Waals surface area (Å²) in [7, 11) is 0. The minimum Gasteiger partial charge on any atom is -0.490 e. The van der Waals surface area contributed by atoms with Crippen LogP contribution in [0.4, 0.5) is 0 Å². The van der Waals surface area contributed by atoms with Gasteiger partial charge in [0.2, 0.25) is 5.91 Å². The van der Waals surface area contributed by atoms with Crippen LogP contribution in [0.2, 0.25) is 0 Å². The van der Waals surface area contributed by atoms with E-state index in [-0.39, 0.29) is 17.9 Å². The average molecular weight is 275 g/mol. The van der Waals surface area contributed by atoms with Gasteiger partial charge in [-0.2, -0.15) is 0 Å². The first-order valence-corrected chi connectivity index (χ1v) is 7.25. The van der Waals surface area contributed by atoms with Crippen molar-refractivity contribution in [3.8, 4) is 5.75 Å². The number of benzene rings is 1. The summed E-state index contributed by atoms with van der Waals surface area (Å²) in [6, 6.07) is 6.18. The lowest BCUT2D eigenvalue weighted by Crippen LogP contribution is -2.42. The predicted molar refractivity (Wildman–Crippen MR) is 75.8 cm³/mol. The second-order valence-electron chi connectivity index (χ2n) is 5.76.